The molecule has 3 N–H and O–H groups in total. The van der Waals surface area contributed by atoms with Crippen molar-refractivity contribution in [1.82, 2.24) is 26.1 Å². The zero-order chi connectivity index (χ0) is 17.9. The number of pyridine rings is 2. The van der Waals surface area contributed by atoms with E-state index in [1.165, 1.54) is 18.3 Å². The van der Waals surface area contributed by atoms with Crippen molar-refractivity contribution < 1.29 is 18.0 Å². The van der Waals surface area contributed by atoms with Crippen molar-refractivity contribution in [1.29, 1.82) is 0 Å². The molecule has 9 heteroatoms. The third-order valence-corrected chi connectivity index (χ3v) is 3.90. The second kappa shape index (κ2) is 7.16. The third-order valence-electron chi connectivity index (χ3n) is 3.90. The second-order valence-electron chi connectivity index (χ2n) is 5.65. The lowest BCUT2D eigenvalue weighted by atomic mass is 10.0. The van der Waals surface area contributed by atoms with Crippen molar-refractivity contribution in [3.05, 3.63) is 60.2 Å². The molecule has 2 aromatic heterocycles. The molecule has 3 rings (SSSR count). The Kier molecular flexibility index (Phi) is 4.95. The molecular formula is C16H16F3N5O. The lowest BCUT2D eigenvalue weighted by Crippen LogP contribution is -2.47. The molecule has 0 spiro atoms. The van der Waals surface area contributed by atoms with Crippen molar-refractivity contribution in [3.8, 4) is 0 Å². The van der Waals surface area contributed by atoms with Crippen LogP contribution in [-0.4, -0.2) is 28.1 Å². The van der Waals surface area contributed by atoms with Gasteiger partial charge >= 0.3 is 6.18 Å². The summed E-state index contributed by atoms with van der Waals surface area (Å²) >= 11 is 0. The van der Waals surface area contributed by atoms with E-state index in [1.807, 2.05) is 0 Å². The number of hydrazine groups is 1. The Morgan fingerprint density at radius 3 is 2.68 bits per heavy atom. The maximum Gasteiger partial charge on any atom is 0.412 e. The summed E-state index contributed by atoms with van der Waals surface area (Å²) in [5, 5.41) is 2.06. The normalized spacial score (nSPS) is 21.7. The standard InChI is InChI=1S/C16H16F3N5O/c17-16(18,19)14(10-4-3-6-20-9-10)22-15(25)13-8-12(23-24-13)11-5-1-2-7-21-11/h1-7,9,12-14,23-24H,8H2,(H,22,25). The van der Waals surface area contributed by atoms with Crippen LogP contribution >= 0.6 is 0 Å². The first kappa shape index (κ1) is 17.3. The Labute approximate surface area is 141 Å². The molecule has 1 aliphatic rings. The van der Waals surface area contributed by atoms with Gasteiger partial charge < -0.3 is 5.32 Å². The van der Waals surface area contributed by atoms with E-state index in [4.69, 9.17) is 0 Å². The summed E-state index contributed by atoms with van der Waals surface area (Å²) in [6, 6.07) is 4.87. The maximum atomic E-state index is 13.3. The van der Waals surface area contributed by atoms with Gasteiger partial charge in [0.05, 0.1) is 11.7 Å². The summed E-state index contributed by atoms with van der Waals surface area (Å²) < 4.78 is 39.9. The number of alkyl halides is 3. The van der Waals surface area contributed by atoms with Gasteiger partial charge in [-0.05, 0) is 24.6 Å². The van der Waals surface area contributed by atoms with E-state index in [0.717, 1.165) is 6.20 Å². The fourth-order valence-electron chi connectivity index (χ4n) is 2.65. The van der Waals surface area contributed by atoms with E-state index >= 15 is 0 Å². The molecule has 1 amide bonds. The number of hydrogen-bond acceptors (Lipinski definition) is 5. The topological polar surface area (TPSA) is 78.9 Å². The molecule has 3 atom stereocenters. The van der Waals surface area contributed by atoms with Crippen LogP contribution in [0.5, 0.6) is 0 Å². The van der Waals surface area contributed by atoms with E-state index in [2.05, 4.69) is 26.1 Å². The van der Waals surface area contributed by atoms with E-state index in [0.29, 0.717) is 12.1 Å². The van der Waals surface area contributed by atoms with Gasteiger partial charge in [0, 0.05) is 24.2 Å². The highest BCUT2D eigenvalue weighted by Gasteiger charge is 2.43. The van der Waals surface area contributed by atoms with Crippen LogP contribution in [0.25, 0.3) is 0 Å². The highest BCUT2D eigenvalue weighted by molar-refractivity contribution is 5.82. The van der Waals surface area contributed by atoms with Crippen LogP contribution in [0.4, 0.5) is 13.2 Å². The fraction of sp³-hybridized carbons (Fsp3) is 0.312. The van der Waals surface area contributed by atoms with Crippen molar-refractivity contribution in [3.63, 3.8) is 0 Å². The first-order valence-electron chi connectivity index (χ1n) is 7.64. The zero-order valence-electron chi connectivity index (χ0n) is 13.0. The molecule has 0 saturated carbocycles. The molecule has 6 nitrogen and oxygen atoms in total. The van der Waals surface area contributed by atoms with Crippen molar-refractivity contribution in [2.75, 3.05) is 0 Å². The largest absolute Gasteiger partial charge is 0.412 e. The number of halogens is 3. The highest BCUT2D eigenvalue weighted by atomic mass is 19.4. The van der Waals surface area contributed by atoms with Gasteiger partial charge in [-0.25, -0.2) is 10.9 Å². The molecule has 1 aliphatic heterocycles. The number of nitrogens with one attached hydrogen (secondary N) is 3. The van der Waals surface area contributed by atoms with Crippen LogP contribution in [0.3, 0.4) is 0 Å². The first-order valence-corrected chi connectivity index (χ1v) is 7.64. The minimum Gasteiger partial charge on any atom is -0.339 e. The molecule has 1 fully saturated rings. The minimum atomic E-state index is -4.62. The van der Waals surface area contributed by atoms with Gasteiger partial charge in [0.2, 0.25) is 5.91 Å². The van der Waals surface area contributed by atoms with Gasteiger partial charge in [-0.2, -0.15) is 13.2 Å². The van der Waals surface area contributed by atoms with Crippen LogP contribution in [-0.2, 0) is 4.79 Å². The predicted molar refractivity (Wildman–Crippen MR) is 82.8 cm³/mol. The van der Waals surface area contributed by atoms with Crippen LogP contribution in [0.1, 0.15) is 29.8 Å². The Balaban J connectivity index is 1.68. The average molecular weight is 351 g/mol. The Morgan fingerprint density at radius 1 is 1.20 bits per heavy atom. The second-order valence-corrected chi connectivity index (χ2v) is 5.65. The van der Waals surface area contributed by atoms with E-state index in [9.17, 15) is 18.0 Å². The van der Waals surface area contributed by atoms with Crippen LogP contribution in [0.2, 0.25) is 0 Å². The minimum absolute atomic E-state index is 0.115. The van der Waals surface area contributed by atoms with Crippen LogP contribution in [0, 0.1) is 0 Å². The molecule has 1 saturated heterocycles. The molecule has 132 valence electrons. The molecular weight excluding hydrogens is 335 g/mol. The number of nitrogens with zero attached hydrogens (tertiary/aromatic N) is 2. The molecule has 0 aliphatic carbocycles. The average Bonchev–Trinajstić information content (AvgIpc) is 3.10. The SMILES string of the molecule is O=C(NC(c1cccnc1)C(F)(F)F)C1CC(c2ccccn2)NN1. The first-order chi connectivity index (χ1) is 11.9. The molecule has 25 heavy (non-hydrogen) atoms. The summed E-state index contributed by atoms with van der Waals surface area (Å²) in [7, 11) is 0. The Morgan fingerprint density at radius 2 is 2.04 bits per heavy atom. The number of amides is 1. The fourth-order valence-corrected chi connectivity index (χ4v) is 2.65. The van der Waals surface area contributed by atoms with Gasteiger partial charge in [0.25, 0.3) is 0 Å². The van der Waals surface area contributed by atoms with Gasteiger partial charge in [0.15, 0.2) is 6.04 Å². The van der Waals surface area contributed by atoms with Crippen molar-refractivity contribution >= 4 is 5.91 Å². The van der Waals surface area contributed by atoms with Gasteiger partial charge in [-0.15, -0.1) is 0 Å². The van der Waals surface area contributed by atoms with Crippen LogP contribution < -0.4 is 16.2 Å². The van der Waals surface area contributed by atoms with Gasteiger partial charge in [0.1, 0.15) is 6.04 Å². The molecule has 3 unspecified atom stereocenters. The van der Waals surface area contributed by atoms with E-state index in [-0.39, 0.29) is 11.6 Å². The molecule has 0 radical (unpaired) electrons. The lowest BCUT2D eigenvalue weighted by molar-refractivity contribution is -0.164. The van der Waals surface area contributed by atoms with Crippen LogP contribution in [0.15, 0.2) is 48.9 Å². The van der Waals surface area contributed by atoms with Gasteiger partial charge in [-0.3, -0.25) is 14.8 Å². The molecule has 0 bridgehead atoms. The monoisotopic (exact) mass is 351 g/mol. The number of rotatable bonds is 4. The summed E-state index contributed by atoms with van der Waals surface area (Å²) in [6.45, 7) is 0. The molecule has 2 aromatic rings. The quantitative estimate of drug-likeness (QED) is 0.783. The number of aromatic nitrogens is 2. The summed E-state index contributed by atoms with van der Waals surface area (Å²) in [4.78, 5) is 20.2. The molecule has 0 aromatic carbocycles. The maximum absolute atomic E-state index is 13.3. The smallest absolute Gasteiger partial charge is 0.339 e. The Hall–Kier alpha value is -2.52. The summed E-state index contributed by atoms with van der Waals surface area (Å²) in [6.07, 6.45) is -0.244. The highest BCUT2D eigenvalue weighted by Crippen LogP contribution is 2.32. The Bertz CT molecular complexity index is 711. The summed E-state index contributed by atoms with van der Waals surface area (Å²) in [5.74, 6) is -0.739. The predicted octanol–water partition coefficient (Wildman–Crippen LogP) is 1.80. The van der Waals surface area contributed by atoms with E-state index in [1.54, 1.807) is 24.4 Å². The molecule has 3 heterocycles. The zero-order valence-corrected chi connectivity index (χ0v) is 13.0. The van der Waals surface area contributed by atoms with Crippen molar-refractivity contribution in [2.45, 2.75) is 30.7 Å². The lowest BCUT2D eigenvalue weighted by Gasteiger charge is -2.23. The number of hydrogen-bond donors (Lipinski definition) is 3. The third kappa shape index (κ3) is 4.12. The summed E-state index contributed by atoms with van der Waals surface area (Å²) in [5.41, 5.74) is 6.21. The number of carbonyl (C=O) groups excluding carboxylic acids is 1. The van der Waals surface area contributed by atoms with Crippen molar-refractivity contribution in [2.24, 2.45) is 0 Å². The van der Waals surface area contributed by atoms with E-state index < -0.39 is 24.2 Å². The number of carbonyl (C=O) groups is 1. The van der Waals surface area contributed by atoms with Gasteiger partial charge in [-0.1, -0.05) is 12.1 Å².